The first-order chi connectivity index (χ1) is 18.6. The monoisotopic (exact) mass is 493 g/mol. The number of H-pyrrole nitrogens is 2. The predicted octanol–water partition coefficient (Wildman–Crippen LogP) is 9.33. The number of rotatable bonds is 2. The van der Waals surface area contributed by atoms with E-state index in [-0.39, 0.29) is 0 Å². The summed E-state index contributed by atoms with van der Waals surface area (Å²) < 4.78 is 0. The second-order valence-corrected chi connectivity index (χ2v) is 10.4. The molecule has 8 bridgehead atoms. The fourth-order valence-corrected chi connectivity index (χ4v) is 6.34. The molecular weight excluding hydrogens is 462 g/mol. The number of fused-ring (bicyclic) bond motifs is 14. The van der Waals surface area contributed by atoms with Crippen LogP contribution in [0.4, 0.5) is 0 Å². The smallest absolute Gasteiger partial charge is 0.0737 e. The van der Waals surface area contributed by atoms with Crippen molar-refractivity contribution in [1.29, 1.82) is 0 Å². The van der Waals surface area contributed by atoms with Gasteiger partial charge in [0.05, 0.1) is 11.4 Å². The van der Waals surface area contributed by atoms with Crippen molar-refractivity contribution in [3.63, 3.8) is 0 Å². The Labute approximate surface area is 223 Å². The predicted molar refractivity (Wildman–Crippen MR) is 160 cm³/mol. The molecule has 0 saturated heterocycles. The average Bonchev–Trinajstić information content (AvgIpc) is 3.63. The minimum Gasteiger partial charge on any atom is -0.355 e. The third-order valence-electron chi connectivity index (χ3n) is 8.35. The van der Waals surface area contributed by atoms with E-state index in [2.05, 4.69) is 117 Å². The first-order valence-corrected chi connectivity index (χ1v) is 13.6. The Bertz CT molecular complexity index is 1780. The molecule has 1 aliphatic carbocycles. The maximum atomic E-state index is 5.18. The van der Waals surface area contributed by atoms with Crippen LogP contribution in [0, 0.1) is 13.8 Å². The third kappa shape index (κ3) is 3.39. The molecule has 0 saturated carbocycles. The minimum atomic E-state index is 0.963. The molecule has 3 nitrogen and oxygen atoms in total. The lowest BCUT2D eigenvalue weighted by atomic mass is 10.0. The molecule has 2 aromatic carbocycles. The molecule has 7 rings (SSSR count). The van der Waals surface area contributed by atoms with Gasteiger partial charge in [0, 0.05) is 33.2 Å². The molecule has 186 valence electrons. The summed E-state index contributed by atoms with van der Waals surface area (Å²) in [6, 6.07) is 28.8. The van der Waals surface area contributed by atoms with Gasteiger partial charge in [0.15, 0.2) is 0 Å². The second kappa shape index (κ2) is 8.59. The van der Waals surface area contributed by atoms with Gasteiger partial charge in [-0.15, -0.1) is 0 Å². The number of aryl methyl sites for hydroxylation is 4. The first-order valence-electron chi connectivity index (χ1n) is 13.6. The highest BCUT2D eigenvalue weighted by Crippen LogP contribution is 2.41. The minimum absolute atomic E-state index is 0.963. The molecule has 0 radical (unpaired) electrons. The van der Waals surface area contributed by atoms with Crippen LogP contribution in [0.25, 0.3) is 66.8 Å². The number of aromatic amines is 2. The maximum absolute atomic E-state index is 5.18. The average molecular weight is 494 g/mol. The summed E-state index contributed by atoms with van der Waals surface area (Å²) in [5.41, 5.74) is 19.3. The lowest BCUT2D eigenvalue weighted by Gasteiger charge is -2.00. The van der Waals surface area contributed by atoms with Crippen LogP contribution in [0.3, 0.4) is 0 Å². The van der Waals surface area contributed by atoms with Gasteiger partial charge in [0.1, 0.15) is 0 Å². The van der Waals surface area contributed by atoms with Gasteiger partial charge in [-0.2, -0.15) is 0 Å². The Morgan fingerprint density at radius 2 is 0.947 bits per heavy atom. The fraction of sp³-hybridized carbons (Fsp3) is 0.171. The molecule has 1 aliphatic heterocycles. The molecule has 3 heteroatoms. The van der Waals surface area contributed by atoms with Crippen LogP contribution in [0.15, 0.2) is 78.9 Å². The van der Waals surface area contributed by atoms with Gasteiger partial charge >= 0.3 is 0 Å². The molecule has 5 aromatic rings. The number of nitrogens with zero attached hydrogens (tertiary/aromatic N) is 1. The van der Waals surface area contributed by atoms with E-state index in [4.69, 9.17) is 4.98 Å². The van der Waals surface area contributed by atoms with E-state index in [1.54, 1.807) is 0 Å². The van der Waals surface area contributed by atoms with E-state index in [1.807, 2.05) is 0 Å². The van der Waals surface area contributed by atoms with Gasteiger partial charge in [0.25, 0.3) is 0 Å². The van der Waals surface area contributed by atoms with Crippen molar-refractivity contribution in [2.24, 2.45) is 0 Å². The molecule has 0 atom stereocenters. The second-order valence-electron chi connectivity index (χ2n) is 10.4. The summed E-state index contributed by atoms with van der Waals surface area (Å²) in [7, 11) is 0. The SMILES string of the molecule is CCc1c(C)c2cc3cc(cc4[nH]c(cc5nc(cc1[nH]2)-c1ccccc1-5)c(CC)c4C)-c1ccccc1-3. The van der Waals surface area contributed by atoms with Gasteiger partial charge in [-0.3, -0.25) is 0 Å². The lowest BCUT2D eigenvalue weighted by molar-refractivity contribution is 1.14. The highest BCUT2D eigenvalue weighted by atomic mass is 14.8. The molecule has 0 amide bonds. The molecule has 2 aliphatic rings. The topological polar surface area (TPSA) is 44.5 Å². The summed E-state index contributed by atoms with van der Waals surface area (Å²) in [6.07, 6.45) is 1.93. The third-order valence-corrected chi connectivity index (χ3v) is 8.35. The molecule has 38 heavy (non-hydrogen) atoms. The van der Waals surface area contributed by atoms with Crippen molar-refractivity contribution in [2.45, 2.75) is 40.5 Å². The Hall–Kier alpha value is -4.37. The van der Waals surface area contributed by atoms with Crippen LogP contribution in [0.2, 0.25) is 0 Å². The molecule has 0 fully saturated rings. The Kier molecular flexibility index (Phi) is 5.16. The van der Waals surface area contributed by atoms with E-state index in [9.17, 15) is 0 Å². The first kappa shape index (κ1) is 22.8. The number of hydrogen-bond acceptors (Lipinski definition) is 1. The van der Waals surface area contributed by atoms with Crippen LogP contribution in [-0.2, 0) is 12.8 Å². The highest BCUT2D eigenvalue weighted by Gasteiger charge is 2.19. The van der Waals surface area contributed by atoms with Crippen LogP contribution in [0.5, 0.6) is 0 Å². The number of benzene rings is 2. The Balaban J connectivity index is 1.68. The van der Waals surface area contributed by atoms with Crippen molar-refractivity contribution < 1.29 is 0 Å². The molecular formula is C35H31N3. The number of aromatic nitrogens is 3. The van der Waals surface area contributed by atoms with Gasteiger partial charge in [-0.1, -0.05) is 62.4 Å². The standard InChI is InChI=1S/C35H31N3/c1-5-24-20(3)30-16-22-15-23(27-12-8-7-11-26(22)27)17-31-21(4)25(6-2)33(37-31)19-35-29-14-10-9-13-28(29)34(38-35)18-32(24)36-30/h7-19,36-37H,5-6H2,1-4H3. The van der Waals surface area contributed by atoms with Crippen molar-refractivity contribution in [2.75, 3.05) is 0 Å². The van der Waals surface area contributed by atoms with Crippen LogP contribution >= 0.6 is 0 Å². The van der Waals surface area contributed by atoms with Gasteiger partial charge < -0.3 is 9.97 Å². The number of nitrogens with one attached hydrogen (secondary N) is 2. The van der Waals surface area contributed by atoms with Gasteiger partial charge in [-0.25, -0.2) is 4.98 Å². The van der Waals surface area contributed by atoms with E-state index in [1.165, 1.54) is 55.6 Å². The molecule has 2 N–H and O–H groups in total. The maximum Gasteiger partial charge on any atom is 0.0737 e. The van der Waals surface area contributed by atoms with Crippen molar-refractivity contribution >= 4 is 22.1 Å². The largest absolute Gasteiger partial charge is 0.355 e. The molecule has 0 unspecified atom stereocenters. The zero-order valence-electron chi connectivity index (χ0n) is 22.4. The molecule has 0 spiro atoms. The van der Waals surface area contributed by atoms with E-state index in [0.29, 0.717) is 0 Å². The van der Waals surface area contributed by atoms with Gasteiger partial charge in [-0.05, 0) is 102 Å². The van der Waals surface area contributed by atoms with Gasteiger partial charge in [0.2, 0.25) is 0 Å². The summed E-state index contributed by atoms with van der Waals surface area (Å²) in [5, 5.41) is 0. The summed E-state index contributed by atoms with van der Waals surface area (Å²) >= 11 is 0. The van der Waals surface area contributed by atoms with Crippen molar-refractivity contribution in [3.8, 4) is 44.8 Å². The van der Waals surface area contributed by atoms with E-state index < -0.39 is 0 Å². The molecule has 3 aromatic heterocycles. The van der Waals surface area contributed by atoms with Crippen molar-refractivity contribution in [1.82, 2.24) is 15.0 Å². The van der Waals surface area contributed by atoms with Crippen LogP contribution < -0.4 is 0 Å². The summed E-state index contributed by atoms with van der Waals surface area (Å²) in [4.78, 5) is 12.7. The molecule has 4 heterocycles. The number of hydrogen-bond donors (Lipinski definition) is 2. The van der Waals surface area contributed by atoms with Crippen LogP contribution in [0.1, 0.15) is 36.1 Å². The summed E-state index contributed by atoms with van der Waals surface area (Å²) in [5.74, 6) is 0. The van der Waals surface area contributed by atoms with E-state index in [0.717, 1.165) is 46.3 Å². The van der Waals surface area contributed by atoms with E-state index >= 15 is 0 Å². The highest BCUT2D eigenvalue weighted by molar-refractivity contribution is 5.94. The Morgan fingerprint density at radius 3 is 1.37 bits per heavy atom. The Morgan fingerprint density at radius 1 is 0.526 bits per heavy atom. The quantitative estimate of drug-likeness (QED) is 0.248. The zero-order chi connectivity index (χ0) is 26.0. The lowest BCUT2D eigenvalue weighted by Crippen LogP contribution is -1.81. The summed E-state index contributed by atoms with van der Waals surface area (Å²) in [6.45, 7) is 8.93. The van der Waals surface area contributed by atoms with Crippen molar-refractivity contribution in [3.05, 3.63) is 101 Å². The zero-order valence-corrected chi connectivity index (χ0v) is 22.4. The van der Waals surface area contributed by atoms with Crippen LogP contribution in [-0.4, -0.2) is 15.0 Å². The fourth-order valence-electron chi connectivity index (χ4n) is 6.34. The normalized spacial score (nSPS) is 11.9.